The van der Waals surface area contributed by atoms with Gasteiger partial charge in [0.05, 0.1) is 0 Å². The molecule has 0 amide bonds. The highest BCUT2D eigenvalue weighted by atomic mass is 14.1. The predicted octanol–water partition coefficient (Wildman–Crippen LogP) is 5.40. The van der Waals surface area contributed by atoms with Crippen molar-refractivity contribution in [3.05, 3.63) is 82.9 Å². The van der Waals surface area contributed by atoms with Crippen LogP contribution in [0, 0.1) is 13.8 Å². The van der Waals surface area contributed by atoms with Gasteiger partial charge in [0.1, 0.15) is 0 Å². The molecule has 0 aromatic heterocycles. The first-order valence-corrected chi connectivity index (χ1v) is 6.62. The van der Waals surface area contributed by atoms with Gasteiger partial charge in [-0.3, -0.25) is 0 Å². The molecule has 96 valence electrons. The molecular formula is C19H20. The molecule has 2 aromatic rings. The lowest BCUT2D eigenvalue weighted by Crippen LogP contribution is -1.94. The molecule has 0 bridgehead atoms. The van der Waals surface area contributed by atoms with Crippen molar-refractivity contribution in [3.8, 4) is 0 Å². The highest BCUT2D eigenvalue weighted by molar-refractivity contribution is 5.85. The molecule has 0 aliphatic rings. The van der Waals surface area contributed by atoms with Crippen molar-refractivity contribution in [2.45, 2.75) is 20.8 Å². The minimum Gasteiger partial charge on any atom is -0.0905 e. The standard InChI is InChI=1S/C19H20/c1-5-9-18-15(3)11-8-13-19(18)16(4)17-12-7-6-10-14(17)2/h5-13H,4H2,1-3H3/b9-5-. The summed E-state index contributed by atoms with van der Waals surface area (Å²) in [6.45, 7) is 10.6. The maximum Gasteiger partial charge on any atom is -0.0109 e. The Morgan fingerprint density at radius 2 is 1.53 bits per heavy atom. The third-order valence-electron chi connectivity index (χ3n) is 3.45. The lowest BCUT2D eigenvalue weighted by molar-refractivity contribution is 1.38. The third kappa shape index (κ3) is 2.68. The second kappa shape index (κ2) is 5.71. The minimum absolute atomic E-state index is 1.09. The maximum atomic E-state index is 4.31. The normalized spacial score (nSPS) is 10.9. The number of aryl methyl sites for hydroxylation is 2. The lowest BCUT2D eigenvalue weighted by Gasteiger charge is -2.14. The van der Waals surface area contributed by atoms with Gasteiger partial charge in [-0.25, -0.2) is 0 Å². The van der Waals surface area contributed by atoms with Gasteiger partial charge >= 0.3 is 0 Å². The van der Waals surface area contributed by atoms with Crippen molar-refractivity contribution in [2.75, 3.05) is 0 Å². The van der Waals surface area contributed by atoms with Crippen LogP contribution in [-0.4, -0.2) is 0 Å². The second-order valence-corrected chi connectivity index (χ2v) is 4.83. The molecule has 0 heteroatoms. The highest BCUT2D eigenvalue weighted by Gasteiger charge is 2.09. The summed E-state index contributed by atoms with van der Waals surface area (Å²) in [5.74, 6) is 0. The number of benzene rings is 2. The summed E-state index contributed by atoms with van der Waals surface area (Å²) in [7, 11) is 0. The Labute approximate surface area is 116 Å². The van der Waals surface area contributed by atoms with E-state index in [1.54, 1.807) is 0 Å². The molecule has 0 aliphatic carbocycles. The zero-order valence-corrected chi connectivity index (χ0v) is 11.9. The fraction of sp³-hybridized carbons (Fsp3) is 0.158. The van der Waals surface area contributed by atoms with Crippen LogP contribution in [0.5, 0.6) is 0 Å². The first kappa shape index (κ1) is 13.4. The summed E-state index contributed by atoms with van der Waals surface area (Å²) in [5, 5.41) is 0. The predicted molar refractivity (Wildman–Crippen MR) is 85.2 cm³/mol. The van der Waals surface area contributed by atoms with Crippen molar-refractivity contribution >= 4 is 11.6 Å². The number of hydrogen-bond acceptors (Lipinski definition) is 0. The van der Waals surface area contributed by atoms with Gasteiger partial charge in [0.25, 0.3) is 0 Å². The van der Waals surface area contributed by atoms with Gasteiger partial charge in [0.15, 0.2) is 0 Å². The Bertz CT molecular complexity index is 630. The van der Waals surface area contributed by atoms with Gasteiger partial charge in [-0.2, -0.15) is 0 Å². The Morgan fingerprint density at radius 3 is 2.21 bits per heavy atom. The maximum absolute atomic E-state index is 4.31. The smallest absolute Gasteiger partial charge is 0.0109 e. The summed E-state index contributed by atoms with van der Waals surface area (Å²) < 4.78 is 0. The Hall–Kier alpha value is -2.08. The monoisotopic (exact) mass is 248 g/mol. The van der Waals surface area contributed by atoms with Crippen molar-refractivity contribution in [1.82, 2.24) is 0 Å². The zero-order valence-electron chi connectivity index (χ0n) is 11.9. The van der Waals surface area contributed by atoms with Gasteiger partial charge in [0, 0.05) is 0 Å². The Balaban J connectivity index is 2.57. The van der Waals surface area contributed by atoms with Gasteiger partial charge in [-0.1, -0.05) is 61.2 Å². The molecule has 0 fully saturated rings. The van der Waals surface area contributed by atoms with Crippen molar-refractivity contribution in [1.29, 1.82) is 0 Å². The molecule has 0 unspecified atom stereocenters. The molecule has 0 atom stereocenters. The van der Waals surface area contributed by atoms with Crippen LogP contribution in [-0.2, 0) is 0 Å². The lowest BCUT2D eigenvalue weighted by atomic mass is 9.90. The first-order valence-electron chi connectivity index (χ1n) is 6.62. The second-order valence-electron chi connectivity index (χ2n) is 4.83. The minimum atomic E-state index is 1.09. The SMILES string of the molecule is C=C(c1ccccc1C)c1cccc(C)c1/C=C\C. The van der Waals surface area contributed by atoms with E-state index in [1.165, 1.54) is 27.8 Å². The van der Waals surface area contributed by atoms with E-state index in [1.807, 2.05) is 6.92 Å². The highest BCUT2D eigenvalue weighted by Crippen LogP contribution is 2.29. The molecule has 19 heavy (non-hydrogen) atoms. The quantitative estimate of drug-likeness (QED) is 0.682. The van der Waals surface area contributed by atoms with Gasteiger partial charge in [-0.15, -0.1) is 0 Å². The van der Waals surface area contributed by atoms with Crippen LogP contribution in [0.1, 0.15) is 34.7 Å². The number of hydrogen-bond donors (Lipinski definition) is 0. The van der Waals surface area contributed by atoms with Gasteiger partial charge in [-0.05, 0) is 54.2 Å². The molecular weight excluding hydrogens is 228 g/mol. The molecule has 0 radical (unpaired) electrons. The summed E-state index contributed by atoms with van der Waals surface area (Å²) >= 11 is 0. The van der Waals surface area contributed by atoms with Crippen LogP contribution in [0.3, 0.4) is 0 Å². The van der Waals surface area contributed by atoms with Crippen LogP contribution >= 0.6 is 0 Å². The van der Waals surface area contributed by atoms with E-state index in [0.717, 1.165) is 5.57 Å². The van der Waals surface area contributed by atoms with E-state index < -0.39 is 0 Å². The van der Waals surface area contributed by atoms with Crippen LogP contribution in [0.25, 0.3) is 11.6 Å². The first-order chi connectivity index (χ1) is 9.15. The van der Waals surface area contributed by atoms with Crippen LogP contribution in [0.2, 0.25) is 0 Å². The van der Waals surface area contributed by atoms with Gasteiger partial charge in [0.2, 0.25) is 0 Å². The molecule has 2 rings (SSSR count). The zero-order chi connectivity index (χ0) is 13.8. The average molecular weight is 248 g/mol. The summed E-state index contributed by atoms with van der Waals surface area (Å²) in [6, 6.07) is 14.8. The molecule has 0 saturated carbocycles. The number of allylic oxidation sites excluding steroid dienone is 1. The molecule has 0 nitrogen and oxygen atoms in total. The van der Waals surface area contributed by atoms with Crippen molar-refractivity contribution in [3.63, 3.8) is 0 Å². The summed E-state index contributed by atoms with van der Waals surface area (Å²) in [6.07, 6.45) is 4.24. The summed E-state index contributed by atoms with van der Waals surface area (Å²) in [4.78, 5) is 0. The van der Waals surface area contributed by atoms with E-state index >= 15 is 0 Å². The Kier molecular flexibility index (Phi) is 4.01. The van der Waals surface area contributed by atoms with Crippen molar-refractivity contribution < 1.29 is 0 Å². The van der Waals surface area contributed by atoms with Gasteiger partial charge < -0.3 is 0 Å². The van der Waals surface area contributed by atoms with Crippen LogP contribution < -0.4 is 0 Å². The van der Waals surface area contributed by atoms with E-state index in [2.05, 4.69) is 75.0 Å². The largest absolute Gasteiger partial charge is 0.0905 e. The van der Waals surface area contributed by atoms with Crippen LogP contribution in [0.15, 0.2) is 55.1 Å². The fourth-order valence-electron chi connectivity index (χ4n) is 2.39. The fourth-order valence-corrected chi connectivity index (χ4v) is 2.39. The molecule has 0 spiro atoms. The van der Waals surface area contributed by atoms with E-state index in [-0.39, 0.29) is 0 Å². The topological polar surface area (TPSA) is 0 Å². The van der Waals surface area contributed by atoms with Crippen molar-refractivity contribution in [2.24, 2.45) is 0 Å². The summed E-state index contributed by atoms with van der Waals surface area (Å²) in [5.41, 5.74) is 7.34. The average Bonchev–Trinajstić information content (AvgIpc) is 2.41. The molecule has 0 N–H and O–H groups in total. The molecule has 2 aromatic carbocycles. The van der Waals surface area contributed by atoms with Crippen LogP contribution in [0.4, 0.5) is 0 Å². The molecule has 0 saturated heterocycles. The Morgan fingerprint density at radius 1 is 0.895 bits per heavy atom. The molecule has 0 aliphatic heterocycles. The van der Waals surface area contributed by atoms with E-state index in [9.17, 15) is 0 Å². The number of rotatable bonds is 3. The molecule has 0 heterocycles. The third-order valence-corrected chi connectivity index (χ3v) is 3.45. The van der Waals surface area contributed by atoms with E-state index in [4.69, 9.17) is 0 Å². The van der Waals surface area contributed by atoms with E-state index in [0.29, 0.717) is 0 Å².